The van der Waals surface area contributed by atoms with Crippen molar-refractivity contribution < 1.29 is 14.4 Å². The number of amides is 3. The van der Waals surface area contributed by atoms with Crippen LogP contribution in [-0.4, -0.2) is 33.6 Å². The molecule has 0 saturated carbocycles. The van der Waals surface area contributed by atoms with Crippen LogP contribution in [0.25, 0.3) is 11.3 Å². The first-order valence-corrected chi connectivity index (χ1v) is 10.7. The number of rotatable bonds is 5. The van der Waals surface area contributed by atoms with Gasteiger partial charge in [0.15, 0.2) is 5.13 Å². The predicted octanol–water partition coefficient (Wildman–Crippen LogP) is 3.65. The number of benzene rings is 1. The van der Waals surface area contributed by atoms with Gasteiger partial charge in [0, 0.05) is 10.9 Å². The number of anilines is 1. The lowest BCUT2D eigenvalue weighted by molar-refractivity contribution is -0.146. The molecular formula is C22H23N3O3S. The molecule has 0 unspecified atom stereocenters. The van der Waals surface area contributed by atoms with Crippen LogP contribution in [0.1, 0.15) is 32.3 Å². The SMILES string of the molecule is CCc1ccc(-c2csc(NC(=O)[C@H](C)N3C(=O)[C@H]4CC=CC[C@@H]4C3=O)n2)cc1. The number of carbonyl (C=O) groups excluding carboxylic acids is 3. The van der Waals surface area contributed by atoms with E-state index < -0.39 is 11.9 Å². The van der Waals surface area contributed by atoms with Gasteiger partial charge in [-0.15, -0.1) is 11.3 Å². The summed E-state index contributed by atoms with van der Waals surface area (Å²) in [5, 5.41) is 5.10. The summed E-state index contributed by atoms with van der Waals surface area (Å²) in [7, 11) is 0. The molecule has 1 aliphatic heterocycles. The van der Waals surface area contributed by atoms with E-state index in [0.717, 1.165) is 22.6 Å². The molecule has 1 N–H and O–H groups in total. The number of aryl methyl sites for hydroxylation is 1. The van der Waals surface area contributed by atoms with E-state index >= 15 is 0 Å². The Morgan fingerprint density at radius 1 is 1.17 bits per heavy atom. The van der Waals surface area contributed by atoms with Crippen LogP contribution in [0.2, 0.25) is 0 Å². The molecule has 1 aromatic carbocycles. The quantitative estimate of drug-likeness (QED) is 0.604. The standard InChI is InChI=1S/C22H23N3O3S/c1-3-14-8-10-15(11-9-14)18-12-29-22(23-18)24-19(26)13(2)25-20(27)16-6-4-5-7-17(16)21(25)28/h4-5,8-13,16-17H,3,6-7H2,1-2H3,(H,23,24,26)/t13-,16-,17-/m0/s1. The van der Waals surface area contributed by atoms with E-state index in [1.54, 1.807) is 6.92 Å². The molecule has 2 aromatic rings. The number of imide groups is 1. The number of likely N-dealkylation sites (tertiary alicyclic amines) is 1. The number of carbonyl (C=O) groups is 3. The third-order valence-electron chi connectivity index (χ3n) is 5.70. The van der Waals surface area contributed by atoms with E-state index in [1.165, 1.54) is 16.9 Å². The first-order chi connectivity index (χ1) is 14.0. The summed E-state index contributed by atoms with van der Waals surface area (Å²) in [4.78, 5) is 43.7. The number of fused-ring (bicyclic) bond motifs is 1. The lowest BCUT2D eigenvalue weighted by atomic mass is 9.85. The zero-order valence-corrected chi connectivity index (χ0v) is 17.2. The fourth-order valence-corrected chi connectivity index (χ4v) is 4.63. The van der Waals surface area contributed by atoms with Crippen LogP contribution in [0.3, 0.4) is 0 Å². The van der Waals surface area contributed by atoms with E-state index in [2.05, 4.69) is 29.4 Å². The molecule has 1 aliphatic carbocycles. The molecule has 7 heteroatoms. The molecule has 0 spiro atoms. The molecule has 29 heavy (non-hydrogen) atoms. The number of aromatic nitrogens is 1. The summed E-state index contributed by atoms with van der Waals surface area (Å²) >= 11 is 1.32. The van der Waals surface area contributed by atoms with Crippen LogP contribution < -0.4 is 5.32 Å². The smallest absolute Gasteiger partial charge is 0.249 e. The minimum Gasteiger partial charge on any atom is -0.300 e. The maximum atomic E-state index is 12.7. The maximum Gasteiger partial charge on any atom is 0.249 e. The number of allylic oxidation sites excluding steroid dienone is 2. The van der Waals surface area contributed by atoms with Crippen molar-refractivity contribution in [1.82, 2.24) is 9.88 Å². The molecule has 150 valence electrons. The summed E-state index contributed by atoms with van der Waals surface area (Å²) in [6, 6.07) is 7.29. The van der Waals surface area contributed by atoms with E-state index in [4.69, 9.17) is 0 Å². The van der Waals surface area contributed by atoms with Crippen molar-refractivity contribution in [3.63, 3.8) is 0 Å². The van der Waals surface area contributed by atoms with Crippen molar-refractivity contribution in [3.05, 3.63) is 47.4 Å². The van der Waals surface area contributed by atoms with Gasteiger partial charge < -0.3 is 5.32 Å². The molecule has 0 bridgehead atoms. The monoisotopic (exact) mass is 409 g/mol. The first kappa shape index (κ1) is 19.5. The fraction of sp³-hybridized carbons (Fsp3) is 0.364. The van der Waals surface area contributed by atoms with Crippen molar-refractivity contribution in [1.29, 1.82) is 0 Å². The van der Waals surface area contributed by atoms with Crippen LogP contribution in [-0.2, 0) is 20.8 Å². The summed E-state index contributed by atoms with van der Waals surface area (Å²) in [6.45, 7) is 3.70. The topological polar surface area (TPSA) is 79.4 Å². The highest BCUT2D eigenvalue weighted by Gasteiger charge is 2.50. The lowest BCUT2D eigenvalue weighted by Gasteiger charge is -2.21. The van der Waals surface area contributed by atoms with Gasteiger partial charge in [0.25, 0.3) is 0 Å². The fourth-order valence-electron chi connectivity index (χ4n) is 3.91. The summed E-state index contributed by atoms with van der Waals surface area (Å²) in [5.41, 5.74) is 3.02. The molecule has 1 fully saturated rings. The van der Waals surface area contributed by atoms with Crippen molar-refractivity contribution in [2.24, 2.45) is 11.8 Å². The average Bonchev–Trinajstić information content (AvgIpc) is 3.31. The summed E-state index contributed by atoms with van der Waals surface area (Å²) in [5.74, 6) is -1.56. The van der Waals surface area contributed by atoms with Gasteiger partial charge in [-0.1, -0.05) is 43.3 Å². The zero-order chi connectivity index (χ0) is 20.5. The van der Waals surface area contributed by atoms with E-state index in [0.29, 0.717) is 18.0 Å². The Kier molecular flexibility index (Phi) is 5.32. The molecule has 1 aromatic heterocycles. The van der Waals surface area contributed by atoms with Gasteiger partial charge >= 0.3 is 0 Å². The third kappa shape index (κ3) is 3.62. The Balaban J connectivity index is 1.45. The molecule has 6 nitrogen and oxygen atoms in total. The summed E-state index contributed by atoms with van der Waals surface area (Å²) < 4.78 is 0. The van der Waals surface area contributed by atoms with Gasteiger partial charge in [0.2, 0.25) is 17.7 Å². The van der Waals surface area contributed by atoms with E-state index in [9.17, 15) is 14.4 Å². The minimum absolute atomic E-state index is 0.247. The highest BCUT2D eigenvalue weighted by molar-refractivity contribution is 7.14. The first-order valence-electron chi connectivity index (χ1n) is 9.87. The molecule has 1 saturated heterocycles. The molecule has 2 heterocycles. The Hall–Kier alpha value is -2.80. The van der Waals surface area contributed by atoms with Crippen LogP contribution in [0.15, 0.2) is 41.8 Å². The lowest BCUT2D eigenvalue weighted by Crippen LogP contribution is -2.46. The Labute approximate surface area is 173 Å². The Bertz CT molecular complexity index is 953. The Morgan fingerprint density at radius 2 is 1.79 bits per heavy atom. The molecule has 3 atom stereocenters. The van der Waals surface area contributed by atoms with Gasteiger partial charge in [-0.25, -0.2) is 4.98 Å². The molecular weight excluding hydrogens is 386 g/mol. The Morgan fingerprint density at radius 3 is 2.38 bits per heavy atom. The van der Waals surface area contributed by atoms with Crippen molar-refractivity contribution in [2.75, 3.05) is 5.32 Å². The number of hydrogen-bond acceptors (Lipinski definition) is 5. The zero-order valence-electron chi connectivity index (χ0n) is 16.4. The second-order valence-corrected chi connectivity index (χ2v) is 8.31. The number of nitrogens with zero attached hydrogens (tertiary/aromatic N) is 2. The molecule has 4 rings (SSSR count). The van der Waals surface area contributed by atoms with Crippen LogP contribution >= 0.6 is 11.3 Å². The number of nitrogens with one attached hydrogen (secondary N) is 1. The van der Waals surface area contributed by atoms with Crippen LogP contribution in [0.5, 0.6) is 0 Å². The van der Waals surface area contributed by atoms with Crippen molar-refractivity contribution in [2.45, 2.75) is 39.2 Å². The van der Waals surface area contributed by atoms with Crippen molar-refractivity contribution >= 4 is 34.2 Å². The average molecular weight is 410 g/mol. The van der Waals surface area contributed by atoms with Gasteiger partial charge in [0.05, 0.1) is 17.5 Å². The van der Waals surface area contributed by atoms with Gasteiger partial charge in [-0.05, 0) is 31.7 Å². The van der Waals surface area contributed by atoms with E-state index in [1.807, 2.05) is 29.7 Å². The van der Waals surface area contributed by atoms with Gasteiger partial charge in [-0.2, -0.15) is 0 Å². The van der Waals surface area contributed by atoms with Crippen molar-refractivity contribution in [3.8, 4) is 11.3 Å². The normalized spacial score (nSPS) is 21.9. The molecule has 3 amide bonds. The summed E-state index contributed by atoms with van der Waals surface area (Å²) in [6.07, 6.45) is 5.97. The van der Waals surface area contributed by atoms with Crippen LogP contribution in [0.4, 0.5) is 5.13 Å². The maximum absolute atomic E-state index is 12.7. The van der Waals surface area contributed by atoms with Crippen LogP contribution in [0, 0.1) is 11.8 Å². The highest BCUT2D eigenvalue weighted by Crippen LogP contribution is 2.36. The minimum atomic E-state index is -0.864. The molecule has 0 radical (unpaired) electrons. The van der Waals surface area contributed by atoms with Gasteiger partial charge in [0.1, 0.15) is 6.04 Å². The highest BCUT2D eigenvalue weighted by atomic mass is 32.1. The van der Waals surface area contributed by atoms with E-state index in [-0.39, 0.29) is 23.7 Å². The third-order valence-corrected chi connectivity index (χ3v) is 6.46. The number of thiazole rings is 1. The number of hydrogen-bond donors (Lipinski definition) is 1. The largest absolute Gasteiger partial charge is 0.300 e. The molecule has 2 aliphatic rings. The predicted molar refractivity (Wildman–Crippen MR) is 112 cm³/mol. The van der Waals surface area contributed by atoms with Gasteiger partial charge in [-0.3, -0.25) is 19.3 Å². The second-order valence-electron chi connectivity index (χ2n) is 7.46. The second kappa shape index (κ2) is 7.91.